The van der Waals surface area contributed by atoms with Crippen molar-refractivity contribution < 1.29 is 22.7 Å². The molecule has 25 heavy (non-hydrogen) atoms. The number of hydrogen-bond donors (Lipinski definition) is 2. The number of hydrogen-bond acceptors (Lipinski definition) is 6. The molecule has 0 aliphatic carbocycles. The van der Waals surface area contributed by atoms with Crippen molar-refractivity contribution >= 4 is 15.9 Å². The van der Waals surface area contributed by atoms with E-state index in [1.807, 2.05) is 0 Å². The van der Waals surface area contributed by atoms with Gasteiger partial charge in [-0.15, -0.1) is 0 Å². The van der Waals surface area contributed by atoms with E-state index >= 15 is 0 Å². The third kappa shape index (κ3) is 5.24. The van der Waals surface area contributed by atoms with Crippen LogP contribution in [-0.4, -0.2) is 75.5 Å². The summed E-state index contributed by atoms with van der Waals surface area (Å²) in [6, 6.07) is -0.197. The number of piperidine rings is 1. The summed E-state index contributed by atoms with van der Waals surface area (Å²) >= 11 is 0. The van der Waals surface area contributed by atoms with Gasteiger partial charge in [-0.3, -0.25) is 9.89 Å². The first-order chi connectivity index (χ1) is 11.8. The molecule has 2 rings (SSSR count). The summed E-state index contributed by atoms with van der Waals surface area (Å²) in [5, 5.41) is 6.62. The number of sulfonamides is 1. The SMILES string of the molecule is COCCOCC(=O)N1CCC(NS(=O)(=O)c2c(C)n[nH]c2C)CC1. The lowest BCUT2D eigenvalue weighted by atomic mass is 10.1. The lowest BCUT2D eigenvalue weighted by molar-refractivity contribution is -0.137. The van der Waals surface area contributed by atoms with Crippen LogP contribution in [0.25, 0.3) is 0 Å². The number of amides is 1. The van der Waals surface area contributed by atoms with E-state index in [1.165, 1.54) is 0 Å². The van der Waals surface area contributed by atoms with Crippen LogP contribution in [0.2, 0.25) is 0 Å². The van der Waals surface area contributed by atoms with Gasteiger partial charge in [0, 0.05) is 26.2 Å². The van der Waals surface area contributed by atoms with Gasteiger partial charge in [-0.1, -0.05) is 0 Å². The first kappa shape index (κ1) is 19.8. The molecule has 0 saturated carbocycles. The molecule has 2 heterocycles. The van der Waals surface area contributed by atoms with Gasteiger partial charge in [0.25, 0.3) is 0 Å². The molecule has 1 aliphatic heterocycles. The minimum Gasteiger partial charge on any atom is -0.382 e. The van der Waals surface area contributed by atoms with Crippen LogP contribution < -0.4 is 4.72 Å². The topological polar surface area (TPSA) is 114 Å². The Morgan fingerprint density at radius 1 is 1.32 bits per heavy atom. The second-order valence-electron chi connectivity index (χ2n) is 6.08. The number of nitrogens with one attached hydrogen (secondary N) is 2. The Balaban J connectivity index is 1.83. The molecule has 1 saturated heterocycles. The summed E-state index contributed by atoms with van der Waals surface area (Å²) in [6.45, 7) is 5.19. The van der Waals surface area contributed by atoms with Crippen LogP contribution in [0.3, 0.4) is 0 Å². The van der Waals surface area contributed by atoms with E-state index < -0.39 is 10.0 Å². The third-order valence-corrected chi connectivity index (χ3v) is 5.94. The van der Waals surface area contributed by atoms with E-state index in [9.17, 15) is 13.2 Å². The molecular weight excluding hydrogens is 348 g/mol. The highest BCUT2D eigenvalue weighted by molar-refractivity contribution is 7.89. The third-order valence-electron chi connectivity index (χ3n) is 4.16. The zero-order chi connectivity index (χ0) is 18.4. The number of carbonyl (C=O) groups excluding carboxylic acids is 1. The number of rotatable bonds is 8. The van der Waals surface area contributed by atoms with Gasteiger partial charge < -0.3 is 14.4 Å². The number of H-pyrrole nitrogens is 1. The summed E-state index contributed by atoms with van der Waals surface area (Å²) in [7, 11) is -2.05. The maximum absolute atomic E-state index is 12.5. The van der Waals surface area contributed by atoms with Gasteiger partial charge in [0.2, 0.25) is 15.9 Å². The smallest absolute Gasteiger partial charge is 0.248 e. The minimum absolute atomic E-state index is 0.0210. The molecule has 2 N–H and O–H groups in total. The van der Waals surface area contributed by atoms with Gasteiger partial charge in [0.1, 0.15) is 11.5 Å². The predicted molar refractivity (Wildman–Crippen MR) is 90.7 cm³/mol. The van der Waals surface area contributed by atoms with Crippen molar-refractivity contribution in [2.24, 2.45) is 0 Å². The first-order valence-electron chi connectivity index (χ1n) is 8.23. The van der Waals surface area contributed by atoms with Crippen LogP contribution in [0.1, 0.15) is 24.2 Å². The van der Waals surface area contributed by atoms with Crippen LogP contribution in [-0.2, 0) is 24.3 Å². The molecule has 0 spiro atoms. The van der Waals surface area contributed by atoms with Crippen molar-refractivity contribution in [2.75, 3.05) is 40.0 Å². The highest BCUT2D eigenvalue weighted by Crippen LogP contribution is 2.19. The number of carbonyl (C=O) groups is 1. The Hall–Kier alpha value is -1.49. The quantitative estimate of drug-likeness (QED) is 0.617. The van der Waals surface area contributed by atoms with Gasteiger partial charge in [-0.2, -0.15) is 5.10 Å². The number of nitrogens with zero attached hydrogens (tertiary/aromatic N) is 2. The highest BCUT2D eigenvalue weighted by Gasteiger charge is 2.29. The molecule has 1 aliphatic rings. The van der Waals surface area contributed by atoms with Crippen LogP contribution in [0.5, 0.6) is 0 Å². The largest absolute Gasteiger partial charge is 0.382 e. The normalized spacial score (nSPS) is 16.4. The minimum atomic E-state index is -3.62. The van der Waals surface area contributed by atoms with Gasteiger partial charge in [-0.25, -0.2) is 13.1 Å². The molecular formula is C15H26N4O5S. The maximum atomic E-state index is 12.5. The van der Waals surface area contributed by atoms with E-state index in [-0.39, 0.29) is 23.5 Å². The molecule has 1 aromatic rings. The fourth-order valence-electron chi connectivity index (χ4n) is 2.85. The van der Waals surface area contributed by atoms with Gasteiger partial charge >= 0.3 is 0 Å². The second-order valence-corrected chi connectivity index (χ2v) is 7.74. The standard InChI is InChI=1S/C15H26N4O5S/c1-11-15(12(2)17-16-11)25(21,22)18-13-4-6-19(7-5-13)14(20)10-24-9-8-23-3/h13,18H,4-10H2,1-3H3,(H,16,17). The number of methoxy groups -OCH3 is 1. The molecule has 1 fully saturated rings. The molecule has 10 heteroatoms. The lowest BCUT2D eigenvalue weighted by Crippen LogP contribution is -2.47. The van der Waals surface area contributed by atoms with Crippen LogP contribution in [0, 0.1) is 13.8 Å². The number of likely N-dealkylation sites (tertiary alicyclic amines) is 1. The van der Waals surface area contributed by atoms with Gasteiger partial charge in [0.15, 0.2) is 0 Å². The van der Waals surface area contributed by atoms with Crippen molar-refractivity contribution in [1.29, 1.82) is 0 Å². The molecule has 0 radical (unpaired) electrons. The Bertz CT molecular complexity index is 661. The summed E-state index contributed by atoms with van der Waals surface area (Å²) in [6.07, 6.45) is 1.14. The molecule has 1 amide bonds. The number of aryl methyl sites for hydroxylation is 2. The average molecular weight is 374 g/mol. The van der Waals surface area contributed by atoms with E-state index in [0.29, 0.717) is 50.5 Å². The van der Waals surface area contributed by atoms with Crippen LogP contribution in [0.4, 0.5) is 0 Å². The second kappa shape index (κ2) is 8.75. The van der Waals surface area contributed by atoms with Crippen LogP contribution >= 0.6 is 0 Å². The zero-order valence-corrected chi connectivity index (χ0v) is 15.7. The fourth-order valence-corrected chi connectivity index (χ4v) is 4.53. The van der Waals surface area contributed by atoms with E-state index in [4.69, 9.17) is 9.47 Å². The zero-order valence-electron chi connectivity index (χ0n) is 14.9. The molecule has 142 valence electrons. The summed E-state index contributed by atoms with van der Waals surface area (Å²) in [5.41, 5.74) is 0.969. The summed E-state index contributed by atoms with van der Waals surface area (Å²) < 4.78 is 37.9. The van der Waals surface area contributed by atoms with E-state index in [0.717, 1.165) is 0 Å². The monoisotopic (exact) mass is 374 g/mol. The molecule has 1 aromatic heterocycles. The number of aromatic nitrogens is 2. The van der Waals surface area contributed by atoms with Crippen molar-refractivity contribution in [3.63, 3.8) is 0 Å². The predicted octanol–water partition coefficient (Wildman–Crippen LogP) is -0.0412. The Morgan fingerprint density at radius 2 is 2.00 bits per heavy atom. The maximum Gasteiger partial charge on any atom is 0.248 e. The van der Waals surface area contributed by atoms with Crippen LogP contribution in [0.15, 0.2) is 4.90 Å². The summed E-state index contributed by atoms with van der Waals surface area (Å²) in [4.78, 5) is 13.9. The molecule has 0 aromatic carbocycles. The molecule has 9 nitrogen and oxygen atoms in total. The number of aromatic amines is 1. The highest BCUT2D eigenvalue weighted by atomic mass is 32.2. The first-order valence-corrected chi connectivity index (χ1v) is 9.72. The molecule has 0 unspecified atom stereocenters. The Kier molecular flexibility index (Phi) is 6.94. The molecule has 0 atom stereocenters. The summed E-state index contributed by atoms with van der Waals surface area (Å²) in [5.74, 6) is -0.0843. The van der Waals surface area contributed by atoms with E-state index in [2.05, 4.69) is 14.9 Å². The van der Waals surface area contributed by atoms with Crippen molar-refractivity contribution in [1.82, 2.24) is 19.8 Å². The Labute approximate surface area is 148 Å². The lowest BCUT2D eigenvalue weighted by Gasteiger charge is -2.32. The Morgan fingerprint density at radius 3 is 2.56 bits per heavy atom. The van der Waals surface area contributed by atoms with Crippen molar-refractivity contribution in [2.45, 2.75) is 37.6 Å². The van der Waals surface area contributed by atoms with Gasteiger partial charge in [-0.05, 0) is 26.7 Å². The molecule has 0 bridgehead atoms. The van der Waals surface area contributed by atoms with Gasteiger partial charge in [0.05, 0.1) is 24.6 Å². The van der Waals surface area contributed by atoms with E-state index in [1.54, 1.807) is 25.9 Å². The average Bonchev–Trinajstić information content (AvgIpc) is 2.91. The fraction of sp³-hybridized carbons (Fsp3) is 0.733. The van der Waals surface area contributed by atoms with Crippen molar-refractivity contribution in [3.05, 3.63) is 11.4 Å². The van der Waals surface area contributed by atoms with Crippen molar-refractivity contribution in [3.8, 4) is 0 Å². The number of ether oxygens (including phenoxy) is 2.